The van der Waals surface area contributed by atoms with Gasteiger partial charge in [-0.2, -0.15) is 0 Å². The van der Waals surface area contributed by atoms with E-state index in [0.717, 1.165) is 19.5 Å². The maximum atomic E-state index is 3.49. The van der Waals surface area contributed by atoms with Crippen LogP contribution >= 0.6 is 0 Å². The molecule has 0 bridgehead atoms. The average Bonchev–Trinajstić information content (AvgIpc) is 2.29. The van der Waals surface area contributed by atoms with Crippen molar-refractivity contribution in [3.05, 3.63) is 35.4 Å². The molecule has 0 aliphatic rings. The second kappa shape index (κ2) is 7.47. The van der Waals surface area contributed by atoms with Crippen LogP contribution in [0.4, 0.5) is 0 Å². The zero-order valence-corrected chi connectivity index (χ0v) is 10.1. The Bertz CT molecular complexity index is 268. The number of rotatable bonds is 7. The highest BCUT2D eigenvalue weighted by atomic mass is 14.8. The number of hydrogen-bond acceptors (Lipinski definition) is 1. The SMILES string of the molecule is CCCCCNCc1cccc(CC)c1. The third-order valence-corrected chi connectivity index (χ3v) is 2.69. The van der Waals surface area contributed by atoms with Gasteiger partial charge in [-0.25, -0.2) is 0 Å². The summed E-state index contributed by atoms with van der Waals surface area (Å²) in [6.45, 7) is 6.60. The van der Waals surface area contributed by atoms with Crippen molar-refractivity contribution in [1.29, 1.82) is 0 Å². The molecule has 0 aliphatic carbocycles. The molecule has 0 spiro atoms. The smallest absolute Gasteiger partial charge is 0.0205 e. The summed E-state index contributed by atoms with van der Waals surface area (Å²) in [4.78, 5) is 0. The van der Waals surface area contributed by atoms with Gasteiger partial charge < -0.3 is 5.32 Å². The number of benzene rings is 1. The average molecular weight is 205 g/mol. The van der Waals surface area contributed by atoms with Crippen LogP contribution in [0.15, 0.2) is 24.3 Å². The largest absolute Gasteiger partial charge is 0.313 e. The zero-order chi connectivity index (χ0) is 10.9. The Balaban J connectivity index is 2.24. The summed E-state index contributed by atoms with van der Waals surface area (Å²) in [5, 5.41) is 3.49. The zero-order valence-electron chi connectivity index (χ0n) is 10.1. The topological polar surface area (TPSA) is 12.0 Å². The minimum absolute atomic E-state index is 1.01. The van der Waals surface area contributed by atoms with Crippen LogP contribution in [-0.4, -0.2) is 6.54 Å². The number of unbranched alkanes of at least 4 members (excludes halogenated alkanes) is 2. The van der Waals surface area contributed by atoms with Crippen molar-refractivity contribution in [2.75, 3.05) is 6.54 Å². The molecule has 1 nitrogen and oxygen atoms in total. The van der Waals surface area contributed by atoms with Crippen LogP contribution in [0, 0.1) is 0 Å². The molecule has 0 saturated heterocycles. The van der Waals surface area contributed by atoms with Gasteiger partial charge in [0.05, 0.1) is 0 Å². The summed E-state index contributed by atoms with van der Waals surface area (Å²) in [7, 11) is 0. The van der Waals surface area contributed by atoms with Gasteiger partial charge in [-0.15, -0.1) is 0 Å². The lowest BCUT2D eigenvalue weighted by Gasteiger charge is -2.05. The maximum absolute atomic E-state index is 3.49. The third kappa shape index (κ3) is 4.98. The van der Waals surface area contributed by atoms with Crippen molar-refractivity contribution in [1.82, 2.24) is 5.32 Å². The van der Waals surface area contributed by atoms with E-state index in [1.807, 2.05) is 0 Å². The van der Waals surface area contributed by atoms with Crippen molar-refractivity contribution >= 4 is 0 Å². The fraction of sp³-hybridized carbons (Fsp3) is 0.571. The third-order valence-electron chi connectivity index (χ3n) is 2.69. The summed E-state index contributed by atoms with van der Waals surface area (Å²) in [6.07, 6.45) is 5.06. The van der Waals surface area contributed by atoms with Gasteiger partial charge in [-0.05, 0) is 30.5 Å². The van der Waals surface area contributed by atoms with E-state index >= 15 is 0 Å². The van der Waals surface area contributed by atoms with Gasteiger partial charge >= 0.3 is 0 Å². The minimum atomic E-state index is 1.01. The van der Waals surface area contributed by atoms with Crippen molar-refractivity contribution in [3.63, 3.8) is 0 Å². The quantitative estimate of drug-likeness (QED) is 0.671. The lowest BCUT2D eigenvalue weighted by atomic mass is 10.1. The van der Waals surface area contributed by atoms with Crippen molar-refractivity contribution in [3.8, 4) is 0 Å². The molecule has 15 heavy (non-hydrogen) atoms. The van der Waals surface area contributed by atoms with Crippen LogP contribution in [0.5, 0.6) is 0 Å². The monoisotopic (exact) mass is 205 g/mol. The van der Waals surface area contributed by atoms with Crippen LogP contribution < -0.4 is 5.32 Å². The van der Waals surface area contributed by atoms with Gasteiger partial charge in [-0.1, -0.05) is 51.0 Å². The second-order valence-electron chi connectivity index (χ2n) is 4.06. The van der Waals surface area contributed by atoms with Crippen LogP contribution in [-0.2, 0) is 13.0 Å². The van der Waals surface area contributed by atoms with Crippen LogP contribution in [0.3, 0.4) is 0 Å². The molecule has 1 N–H and O–H groups in total. The molecule has 0 unspecified atom stereocenters. The van der Waals surface area contributed by atoms with E-state index in [2.05, 4.69) is 43.4 Å². The number of nitrogens with one attached hydrogen (secondary N) is 1. The molecule has 0 fully saturated rings. The lowest BCUT2D eigenvalue weighted by molar-refractivity contribution is 0.616. The highest BCUT2D eigenvalue weighted by Gasteiger charge is 1.94. The summed E-state index contributed by atoms with van der Waals surface area (Å²) in [6, 6.07) is 8.85. The van der Waals surface area contributed by atoms with Gasteiger partial charge in [0.15, 0.2) is 0 Å². The van der Waals surface area contributed by atoms with Gasteiger partial charge in [0.1, 0.15) is 0 Å². The Hall–Kier alpha value is -0.820. The van der Waals surface area contributed by atoms with Crippen LogP contribution in [0.25, 0.3) is 0 Å². The van der Waals surface area contributed by atoms with E-state index in [9.17, 15) is 0 Å². The maximum Gasteiger partial charge on any atom is 0.0205 e. The Kier molecular flexibility index (Phi) is 6.10. The highest BCUT2D eigenvalue weighted by Crippen LogP contribution is 2.05. The Morgan fingerprint density at radius 3 is 2.60 bits per heavy atom. The molecule has 1 aromatic rings. The lowest BCUT2D eigenvalue weighted by Crippen LogP contribution is -2.14. The van der Waals surface area contributed by atoms with E-state index in [1.165, 1.54) is 30.4 Å². The van der Waals surface area contributed by atoms with Crippen molar-refractivity contribution in [2.24, 2.45) is 0 Å². The van der Waals surface area contributed by atoms with Crippen LogP contribution in [0.2, 0.25) is 0 Å². The van der Waals surface area contributed by atoms with E-state index in [1.54, 1.807) is 0 Å². The van der Waals surface area contributed by atoms with Crippen LogP contribution in [0.1, 0.15) is 44.2 Å². The van der Waals surface area contributed by atoms with E-state index in [0.29, 0.717) is 0 Å². The molecular formula is C14H23N. The van der Waals surface area contributed by atoms with Crippen molar-refractivity contribution < 1.29 is 0 Å². The fourth-order valence-electron chi connectivity index (χ4n) is 1.69. The molecule has 1 rings (SSSR count). The molecule has 0 radical (unpaired) electrons. The van der Waals surface area contributed by atoms with Gasteiger partial charge in [0, 0.05) is 6.54 Å². The molecule has 0 aromatic heterocycles. The summed E-state index contributed by atoms with van der Waals surface area (Å²) in [5.41, 5.74) is 2.84. The second-order valence-corrected chi connectivity index (χ2v) is 4.06. The normalized spacial score (nSPS) is 10.5. The summed E-state index contributed by atoms with van der Waals surface area (Å²) >= 11 is 0. The van der Waals surface area contributed by atoms with Crippen molar-refractivity contribution in [2.45, 2.75) is 46.1 Å². The molecule has 84 valence electrons. The highest BCUT2D eigenvalue weighted by molar-refractivity contribution is 5.23. The predicted octanol–water partition coefficient (Wildman–Crippen LogP) is 3.53. The molecule has 0 saturated carbocycles. The molecule has 0 heterocycles. The molecule has 1 heteroatoms. The predicted molar refractivity (Wildman–Crippen MR) is 67.1 cm³/mol. The molecule has 1 aromatic carbocycles. The van der Waals surface area contributed by atoms with E-state index < -0.39 is 0 Å². The first-order valence-corrected chi connectivity index (χ1v) is 6.15. The standard InChI is InChI=1S/C14H23N/c1-3-5-6-10-15-12-14-9-7-8-13(4-2)11-14/h7-9,11,15H,3-6,10,12H2,1-2H3. The van der Waals surface area contributed by atoms with Gasteiger partial charge in [0.25, 0.3) is 0 Å². The Morgan fingerprint density at radius 2 is 1.87 bits per heavy atom. The number of aryl methyl sites for hydroxylation is 1. The molecule has 0 atom stereocenters. The molecule has 0 aliphatic heterocycles. The van der Waals surface area contributed by atoms with Gasteiger partial charge in [-0.3, -0.25) is 0 Å². The first kappa shape index (κ1) is 12.3. The summed E-state index contributed by atoms with van der Waals surface area (Å²) in [5.74, 6) is 0. The first-order valence-electron chi connectivity index (χ1n) is 6.15. The van der Waals surface area contributed by atoms with E-state index in [4.69, 9.17) is 0 Å². The fourth-order valence-corrected chi connectivity index (χ4v) is 1.69. The van der Waals surface area contributed by atoms with Gasteiger partial charge in [0.2, 0.25) is 0 Å². The minimum Gasteiger partial charge on any atom is -0.313 e. The Labute approximate surface area is 93.9 Å². The first-order chi connectivity index (χ1) is 7.36. The number of hydrogen-bond donors (Lipinski definition) is 1. The molecular weight excluding hydrogens is 182 g/mol. The summed E-state index contributed by atoms with van der Waals surface area (Å²) < 4.78 is 0. The molecule has 0 amide bonds. The van der Waals surface area contributed by atoms with E-state index in [-0.39, 0.29) is 0 Å². The Morgan fingerprint density at radius 1 is 1.07 bits per heavy atom.